The van der Waals surface area contributed by atoms with E-state index in [2.05, 4.69) is 35.2 Å². The largest absolute Gasteiger partial charge is 0.372 e. The van der Waals surface area contributed by atoms with Crippen LogP contribution in [-0.4, -0.2) is 41.1 Å². The number of aliphatic imine (C=N–C) groups is 1. The minimum atomic E-state index is -0.0492. The number of nitrogens with one attached hydrogen (secondary N) is 1. The number of amidine groups is 1. The molecule has 0 saturated carbocycles. The van der Waals surface area contributed by atoms with Gasteiger partial charge in [0.1, 0.15) is 0 Å². The maximum Gasteiger partial charge on any atom is 0.234 e. The number of benzene rings is 2. The second-order valence-corrected chi connectivity index (χ2v) is 7.85. The minimum absolute atomic E-state index is 0.0492. The van der Waals surface area contributed by atoms with Gasteiger partial charge in [-0.05, 0) is 44.2 Å². The Hall–Kier alpha value is -2.80. The molecule has 1 atom stereocenters. The number of hydrazone groups is 1. The predicted molar refractivity (Wildman–Crippen MR) is 122 cm³/mol. The van der Waals surface area contributed by atoms with E-state index < -0.39 is 0 Å². The quantitative estimate of drug-likeness (QED) is 0.758. The van der Waals surface area contributed by atoms with Crippen LogP contribution in [0.3, 0.4) is 0 Å². The van der Waals surface area contributed by atoms with Crippen LogP contribution in [0.4, 0.5) is 17.1 Å². The van der Waals surface area contributed by atoms with Crippen LogP contribution < -0.4 is 10.2 Å². The second kappa shape index (κ2) is 8.69. The van der Waals surface area contributed by atoms with Crippen LogP contribution in [0, 0.1) is 0 Å². The molecule has 1 N–H and O–H groups in total. The van der Waals surface area contributed by atoms with Crippen LogP contribution in [0.15, 0.2) is 58.6 Å². The number of fused-ring (bicyclic) bond motifs is 3. The molecule has 0 aliphatic carbocycles. The maximum absolute atomic E-state index is 12.5. The Labute approximate surface area is 175 Å². The normalized spacial score (nSPS) is 16.8. The average Bonchev–Trinajstić information content (AvgIpc) is 3.24. The summed E-state index contributed by atoms with van der Waals surface area (Å²) >= 11 is 1.42. The number of carbonyl (C=O) groups excluding carboxylic acids is 1. The van der Waals surface area contributed by atoms with Gasteiger partial charge in [0.2, 0.25) is 5.91 Å². The standard InChI is InChI=1S/C22H25N5OS/c1-3-26(4-2)17-11-9-16(10-12-17)24-21(28)15-29-22-25-19-8-6-5-7-18(19)20-13-14-23-27(20)22/h5-12,14,20H,3-4,13,15H2,1-2H3,(H,24,28). The first kappa shape index (κ1) is 19.5. The summed E-state index contributed by atoms with van der Waals surface area (Å²) in [5.74, 6) is 0.240. The molecule has 2 heterocycles. The smallest absolute Gasteiger partial charge is 0.234 e. The molecule has 2 aliphatic heterocycles. The Bertz CT molecular complexity index is 936. The van der Waals surface area contributed by atoms with Crippen LogP contribution in [0.5, 0.6) is 0 Å². The molecular weight excluding hydrogens is 382 g/mol. The number of rotatable bonds is 6. The molecular formula is C22H25N5OS. The number of carbonyl (C=O) groups is 1. The fraction of sp³-hybridized carbons (Fsp3) is 0.318. The van der Waals surface area contributed by atoms with Crippen molar-refractivity contribution in [2.75, 3.05) is 29.1 Å². The van der Waals surface area contributed by atoms with E-state index in [1.807, 2.05) is 53.7 Å². The number of hydrogen-bond donors (Lipinski definition) is 1. The van der Waals surface area contributed by atoms with Crippen molar-refractivity contribution >= 4 is 46.1 Å². The molecule has 4 rings (SSSR count). The Morgan fingerprint density at radius 1 is 1.17 bits per heavy atom. The number of anilines is 2. The lowest BCUT2D eigenvalue weighted by atomic mass is 10.0. The van der Waals surface area contributed by atoms with E-state index in [1.165, 1.54) is 17.3 Å². The number of para-hydroxylation sites is 1. The monoisotopic (exact) mass is 407 g/mol. The van der Waals surface area contributed by atoms with Gasteiger partial charge in [-0.2, -0.15) is 5.10 Å². The van der Waals surface area contributed by atoms with Crippen molar-refractivity contribution < 1.29 is 4.79 Å². The van der Waals surface area contributed by atoms with Crippen molar-refractivity contribution in [3.05, 3.63) is 54.1 Å². The summed E-state index contributed by atoms with van der Waals surface area (Å²) in [6, 6.07) is 16.3. The van der Waals surface area contributed by atoms with Crippen molar-refractivity contribution in [2.24, 2.45) is 10.1 Å². The van der Waals surface area contributed by atoms with Crippen molar-refractivity contribution in [3.8, 4) is 0 Å². The van der Waals surface area contributed by atoms with Crippen LogP contribution in [0.1, 0.15) is 31.9 Å². The van der Waals surface area contributed by atoms with E-state index in [9.17, 15) is 4.79 Å². The molecule has 0 bridgehead atoms. The molecule has 0 aromatic heterocycles. The lowest BCUT2D eigenvalue weighted by molar-refractivity contribution is -0.113. The fourth-order valence-electron chi connectivity index (χ4n) is 3.65. The number of nitrogens with zero attached hydrogens (tertiary/aromatic N) is 4. The molecule has 7 heteroatoms. The third-order valence-corrected chi connectivity index (χ3v) is 6.09. The lowest BCUT2D eigenvalue weighted by Crippen LogP contribution is -2.29. The molecule has 2 aliphatic rings. The Morgan fingerprint density at radius 2 is 1.93 bits per heavy atom. The van der Waals surface area contributed by atoms with E-state index >= 15 is 0 Å². The van der Waals surface area contributed by atoms with E-state index in [0.29, 0.717) is 0 Å². The van der Waals surface area contributed by atoms with Gasteiger partial charge >= 0.3 is 0 Å². The zero-order valence-electron chi connectivity index (χ0n) is 16.7. The molecule has 0 spiro atoms. The summed E-state index contributed by atoms with van der Waals surface area (Å²) < 4.78 is 0. The molecule has 6 nitrogen and oxygen atoms in total. The molecule has 0 radical (unpaired) electrons. The average molecular weight is 408 g/mol. The topological polar surface area (TPSA) is 60.3 Å². The van der Waals surface area contributed by atoms with E-state index in [-0.39, 0.29) is 17.7 Å². The highest BCUT2D eigenvalue weighted by Crippen LogP contribution is 2.40. The van der Waals surface area contributed by atoms with Gasteiger partial charge in [-0.1, -0.05) is 30.0 Å². The van der Waals surface area contributed by atoms with Gasteiger partial charge in [0, 0.05) is 42.7 Å². The number of amides is 1. The van der Waals surface area contributed by atoms with Crippen molar-refractivity contribution in [1.82, 2.24) is 5.01 Å². The summed E-state index contributed by atoms with van der Waals surface area (Å²) in [6.07, 6.45) is 2.78. The molecule has 0 fully saturated rings. The first-order valence-corrected chi connectivity index (χ1v) is 10.9. The van der Waals surface area contributed by atoms with Gasteiger partial charge in [-0.3, -0.25) is 4.79 Å². The highest BCUT2D eigenvalue weighted by molar-refractivity contribution is 8.14. The fourth-order valence-corrected chi connectivity index (χ4v) is 4.45. The van der Waals surface area contributed by atoms with Gasteiger partial charge in [0.15, 0.2) is 5.17 Å². The Kier molecular flexibility index (Phi) is 5.85. The Balaban J connectivity index is 1.38. The van der Waals surface area contributed by atoms with Crippen molar-refractivity contribution in [2.45, 2.75) is 26.3 Å². The van der Waals surface area contributed by atoms with Crippen molar-refractivity contribution in [3.63, 3.8) is 0 Å². The van der Waals surface area contributed by atoms with E-state index in [1.54, 1.807) is 0 Å². The highest BCUT2D eigenvalue weighted by atomic mass is 32.2. The van der Waals surface area contributed by atoms with Gasteiger partial charge in [-0.15, -0.1) is 0 Å². The first-order valence-electron chi connectivity index (χ1n) is 9.96. The summed E-state index contributed by atoms with van der Waals surface area (Å²) in [5, 5.41) is 10.1. The molecule has 1 amide bonds. The summed E-state index contributed by atoms with van der Waals surface area (Å²) in [4.78, 5) is 19.5. The third-order valence-electron chi connectivity index (χ3n) is 5.15. The molecule has 2 aromatic carbocycles. The Morgan fingerprint density at radius 3 is 2.69 bits per heavy atom. The molecule has 0 saturated heterocycles. The number of thioether (sulfide) groups is 1. The molecule has 29 heavy (non-hydrogen) atoms. The lowest BCUT2D eigenvalue weighted by Gasteiger charge is -2.29. The zero-order valence-corrected chi connectivity index (χ0v) is 17.5. The number of hydrogen-bond acceptors (Lipinski definition) is 6. The zero-order chi connectivity index (χ0) is 20.2. The van der Waals surface area contributed by atoms with Gasteiger partial charge < -0.3 is 10.2 Å². The van der Waals surface area contributed by atoms with Gasteiger partial charge in [0.05, 0.1) is 17.5 Å². The van der Waals surface area contributed by atoms with E-state index in [4.69, 9.17) is 4.99 Å². The predicted octanol–water partition coefficient (Wildman–Crippen LogP) is 4.64. The molecule has 1 unspecified atom stereocenters. The summed E-state index contributed by atoms with van der Waals surface area (Å²) in [6.45, 7) is 6.20. The van der Waals surface area contributed by atoms with Crippen LogP contribution in [-0.2, 0) is 4.79 Å². The van der Waals surface area contributed by atoms with Crippen molar-refractivity contribution in [1.29, 1.82) is 0 Å². The van der Waals surface area contributed by atoms with Gasteiger partial charge in [-0.25, -0.2) is 10.0 Å². The van der Waals surface area contributed by atoms with Crippen LogP contribution in [0.2, 0.25) is 0 Å². The minimum Gasteiger partial charge on any atom is -0.372 e. The van der Waals surface area contributed by atoms with E-state index in [0.717, 1.165) is 41.7 Å². The highest BCUT2D eigenvalue weighted by Gasteiger charge is 2.32. The SMILES string of the molecule is CCN(CC)c1ccc(NC(=O)CSC2=Nc3ccccc3C3CC=NN23)cc1. The molecule has 150 valence electrons. The van der Waals surface area contributed by atoms with Crippen LogP contribution >= 0.6 is 11.8 Å². The molecule has 2 aromatic rings. The summed E-state index contributed by atoms with van der Waals surface area (Å²) in [7, 11) is 0. The van der Waals surface area contributed by atoms with Crippen LogP contribution in [0.25, 0.3) is 0 Å². The maximum atomic E-state index is 12.5. The third kappa shape index (κ3) is 4.15. The summed E-state index contributed by atoms with van der Waals surface area (Å²) in [5.41, 5.74) is 4.12. The second-order valence-electron chi connectivity index (χ2n) is 6.90. The van der Waals surface area contributed by atoms with Gasteiger partial charge in [0.25, 0.3) is 0 Å². The first-order chi connectivity index (χ1) is 14.2.